The van der Waals surface area contributed by atoms with Gasteiger partial charge in [-0.2, -0.15) is 0 Å². The number of anilines is 2. The van der Waals surface area contributed by atoms with E-state index in [-0.39, 0.29) is 29.6 Å². The molecule has 35 heavy (non-hydrogen) atoms. The molecule has 5 rings (SSSR count). The van der Waals surface area contributed by atoms with Crippen LogP contribution in [0.1, 0.15) is 40.5 Å². The van der Waals surface area contributed by atoms with Crippen molar-refractivity contribution in [2.75, 3.05) is 24.3 Å². The number of nitrogens with one attached hydrogen (secondary N) is 2. The Morgan fingerprint density at radius 3 is 2.71 bits per heavy atom. The summed E-state index contributed by atoms with van der Waals surface area (Å²) in [5.74, 6) is -0.106. The molecule has 9 nitrogen and oxygen atoms in total. The molecule has 0 radical (unpaired) electrons. The first-order valence-electron chi connectivity index (χ1n) is 11.4. The molecule has 1 atom stereocenters. The van der Waals surface area contributed by atoms with Crippen LogP contribution in [0.25, 0.3) is 0 Å². The molecule has 2 aromatic carbocycles. The van der Waals surface area contributed by atoms with E-state index < -0.39 is 17.0 Å². The number of aryl methyl sites for hydroxylation is 1. The second-order valence-electron chi connectivity index (χ2n) is 8.51. The van der Waals surface area contributed by atoms with Crippen molar-refractivity contribution >= 4 is 39.7 Å². The first-order valence-corrected chi connectivity index (χ1v) is 12.2. The maximum atomic E-state index is 13.7. The molecule has 0 fully saturated rings. The fourth-order valence-corrected chi connectivity index (χ4v) is 6.13. The molecule has 180 valence electrons. The van der Waals surface area contributed by atoms with E-state index in [4.69, 9.17) is 4.74 Å². The Labute approximate surface area is 205 Å². The highest BCUT2D eigenvalue weighted by Gasteiger charge is 2.38. The van der Waals surface area contributed by atoms with Gasteiger partial charge in [-0.05, 0) is 42.9 Å². The molecule has 10 heteroatoms. The summed E-state index contributed by atoms with van der Waals surface area (Å²) in [7, 11) is 1.38. The van der Waals surface area contributed by atoms with Crippen LogP contribution >= 0.6 is 11.3 Å². The van der Waals surface area contributed by atoms with Crippen LogP contribution in [0.15, 0.2) is 48.5 Å². The van der Waals surface area contributed by atoms with E-state index in [1.807, 2.05) is 30.3 Å². The molecule has 3 aromatic rings. The van der Waals surface area contributed by atoms with Crippen LogP contribution in [0, 0.1) is 10.1 Å². The van der Waals surface area contributed by atoms with E-state index in [1.54, 1.807) is 11.3 Å². The van der Waals surface area contributed by atoms with Crippen molar-refractivity contribution in [3.8, 4) is 5.75 Å². The minimum Gasteiger partial charge on any atom is -0.494 e. The molecular formula is C25H24N4O5S. The minimum absolute atomic E-state index is 0.142. The summed E-state index contributed by atoms with van der Waals surface area (Å²) < 4.78 is 5.28. The number of hydrogen-bond donors (Lipinski definition) is 2. The number of benzene rings is 2. The van der Waals surface area contributed by atoms with E-state index in [1.165, 1.54) is 40.6 Å². The number of methoxy groups -OCH3 is 1. The highest BCUT2D eigenvalue weighted by molar-refractivity contribution is 7.16. The van der Waals surface area contributed by atoms with Crippen LogP contribution in [0.5, 0.6) is 5.75 Å². The molecule has 1 aliphatic heterocycles. The molecule has 2 aliphatic rings. The molecule has 0 unspecified atom stereocenters. The molecule has 2 heterocycles. The quantitative estimate of drug-likeness (QED) is 0.388. The Balaban J connectivity index is 1.58. The third-order valence-corrected chi connectivity index (χ3v) is 7.60. The van der Waals surface area contributed by atoms with Crippen LogP contribution in [0.2, 0.25) is 0 Å². The summed E-state index contributed by atoms with van der Waals surface area (Å²) in [4.78, 5) is 40.0. The molecule has 0 spiro atoms. The molecule has 0 bridgehead atoms. The molecule has 0 saturated heterocycles. The van der Waals surface area contributed by atoms with Gasteiger partial charge in [-0.15, -0.1) is 11.3 Å². The Hall–Kier alpha value is -3.92. The largest absolute Gasteiger partial charge is 0.494 e. The second-order valence-corrected chi connectivity index (χ2v) is 9.62. The number of urea groups is 1. The van der Waals surface area contributed by atoms with E-state index in [9.17, 15) is 19.7 Å². The van der Waals surface area contributed by atoms with Gasteiger partial charge in [-0.3, -0.25) is 14.9 Å². The lowest BCUT2D eigenvalue weighted by Crippen LogP contribution is -2.41. The number of ether oxygens (including phenoxy) is 1. The monoisotopic (exact) mass is 492 g/mol. The van der Waals surface area contributed by atoms with Gasteiger partial charge < -0.3 is 20.3 Å². The number of nitro groups is 1. The van der Waals surface area contributed by atoms with Crippen molar-refractivity contribution in [3.05, 3.63) is 80.2 Å². The van der Waals surface area contributed by atoms with Crippen molar-refractivity contribution in [1.29, 1.82) is 0 Å². The highest BCUT2D eigenvalue weighted by atomic mass is 32.1. The maximum Gasteiger partial charge on any atom is 0.323 e. The first kappa shape index (κ1) is 22.9. The zero-order chi connectivity index (χ0) is 24.5. The fraction of sp³-hybridized carbons (Fsp3) is 0.280. The summed E-state index contributed by atoms with van der Waals surface area (Å²) in [6.45, 7) is -0.142. The molecule has 2 N–H and O–H groups in total. The number of non-ortho nitro benzene ring substituents is 1. The summed E-state index contributed by atoms with van der Waals surface area (Å²) >= 11 is 1.61. The van der Waals surface area contributed by atoms with Crippen LogP contribution in [-0.2, 0) is 17.6 Å². The number of hydrogen-bond acceptors (Lipinski definition) is 6. The normalized spacial score (nSPS) is 17.0. The number of amides is 3. The topological polar surface area (TPSA) is 114 Å². The molecule has 1 aromatic heterocycles. The highest BCUT2D eigenvalue weighted by Crippen LogP contribution is 2.46. The predicted octanol–water partition coefficient (Wildman–Crippen LogP) is 5.12. The van der Waals surface area contributed by atoms with Gasteiger partial charge in [0.2, 0.25) is 5.91 Å². The van der Waals surface area contributed by atoms with Gasteiger partial charge in [-0.1, -0.05) is 30.3 Å². The number of nitro benzene ring substituents is 1. The summed E-state index contributed by atoms with van der Waals surface area (Å²) in [5, 5.41) is 17.8. The molecule has 0 saturated carbocycles. The SMILES string of the molecule is COc1cc([N+](=O)[O-])ccc1NC(=O)N1CC(=O)Nc2sc3c(c2[C@H]1c1ccccc1)CCCC3. The van der Waals surface area contributed by atoms with Gasteiger partial charge in [0.15, 0.2) is 0 Å². The Bertz CT molecular complexity index is 1310. The summed E-state index contributed by atoms with van der Waals surface area (Å²) in [5.41, 5.74) is 3.24. The zero-order valence-electron chi connectivity index (χ0n) is 19.1. The third kappa shape index (κ3) is 4.32. The van der Waals surface area contributed by atoms with Crippen molar-refractivity contribution < 1.29 is 19.2 Å². The average Bonchev–Trinajstić information content (AvgIpc) is 3.14. The van der Waals surface area contributed by atoms with E-state index in [0.29, 0.717) is 0 Å². The third-order valence-electron chi connectivity index (χ3n) is 6.38. The van der Waals surface area contributed by atoms with E-state index in [2.05, 4.69) is 10.6 Å². The van der Waals surface area contributed by atoms with Gasteiger partial charge in [0.25, 0.3) is 5.69 Å². The first-order chi connectivity index (χ1) is 17.0. The average molecular weight is 493 g/mol. The number of nitrogens with zero attached hydrogens (tertiary/aromatic N) is 2. The number of carbonyl (C=O) groups is 2. The minimum atomic E-state index is -0.528. The Morgan fingerprint density at radius 2 is 1.97 bits per heavy atom. The maximum absolute atomic E-state index is 13.7. The smallest absolute Gasteiger partial charge is 0.323 e. The number of thiophene rings is 1. The molecule has 1 aliphatic carbocycles. The lowest BCUT2D eigenvalue weighted by Gasteiger charge is -2.31. The van der Waals surface area contributed by atoms with Crippen LogP contribution in [0.3, 0.4) is 0 Å². The summed E-state index contributed by atoms with van der Waals surface area (Å²) in [6.07, 6.45) is 4.06. The van der Waals surface area contributed by atoms with Gasteiger partial charge in [0.05, 0.1) is 29.8 Å². The van der Waals surface area contributed by atoms with Gasteiger partial charge >= 0.3 is 6.03 Å². The van der Waals surface area contributed by atoms with Crippen molar-refractivity contribution in [2.45, 2.75) is 31.7 Å². The zero-order valence-corrected chi connectivity index (χ0v) is 19.9. The Morgan fingerprint density at radius 1 is 1.20 bits per heavy atom. The fourth-order valence-electron chi connectivity index (χ4n) is 4.80. The lowest BCUT2D eigenvalue weighted by atomic mass is 9.89. The number of rotatable bonds is 4. The van der Waals surface area contributed by atoms with Crippen LogP contribution in [0.4, 0.5) is 21.2 Å². The van der Waals surface area contributed by atoms with Crippen molar-refractivity contribution in [2.24, 2.45) is 0 Å². The standard InChI is InChI=1S/C25H24N4O5S/c1-34-19-13-16(29(32)33)11-12-18(19)26-25(31)28-14-21(30)27-24-22(17-9-5-6-10-20(17)35-24)23(28)15-7-3-2-4-8-15/h2-4,7-8,11-13,23H,5-6,9-10,14H2,1H3,(H,26,31)(H,27,30)/t23-/m1/s1. The second kappa shape index (κ2) is 9.38. The number of fused-ring (bicyclic) bond motifs is 3. The van der Waals surface area contributed by atoms with Gasteiger partial charge in [-0.25, -0.2) is 4.79 Å². The Kier molecular flexibility index (Phi) is 6.12. The van der Waals surface area contributed by atoms with E-state index >= 15 is 0 Å². The van der Waals surface area contributed by atoms with Crippen LogP contribution in [-0.4, -0.2) is 35.4 Å². The van der Waals surface area contributed by atoms with Gasteiger partial charge in [0.1, 0.15) is 17.3 Å². The molecule has 3 amide bonds. The van der Waals surface area contributed by atoms with E-state index in [0.717, 1.165) is 41.8 Å². The lowest BCUT2D eigenvalue weighted by molar-refractivity contribution is -0.384. The number of carbonyl (C=O) groups excluding carboxylic acids is 2. The van der Waals surface area contributed by atoms with Crippen LogP contribution < -0.4 is 15.4 Å². The summed E-state index contributed by atoms with van der Waals surface area (Å²) in [6, 6.07) is 12.7. The van der Waals surface area contributed by atoms with Gasteiger partial charge in [0, 0.05) is 16.5 Å². The predicted molar refractivity (Wildman–Crippen MR) is 133 cm³/mol. The molecular weight excluding hydrogens is 468 g/mol. The van der Waals surface area contributed by atoms with Crippen molar-refractivity contribution in [1.82, 2.24) is 4.90 Å². The van der Waals surface area contributed by atoms with Crippen molar-refractivity contribution in [3.63, 3.8) is 0 Å².